The highest BCUT2D eigenvalue weighted by Gasteiger charge is 2.32. The Morgan fingerprint density at radius 2 is 1.75 bits per heavy atom. The van der Waals surface area contributed by atoms with Crippen LogP contribution < -0.4 is 4.74 Å². The van der Waals surface area contributed by atoms with Crippen molar-refractivity contribution in [3.63, 3.8) is 0 Å². The fourth-order valence-electron chi connectivity index (χ4n) is 5.35. The summed E-state index contributed by atoms with van der Waals surface area (Å²) in [4.78, 5) is 32.1. The van der Waals surface area contributed by atoms with Gasteiger partial charge in [0, 0.05) is 31.3 Å². The number of thiophene rings is 1. The molecule has 0 unspecified atom stereocenters. The van der Waals surface area contributed by atoms with Gasteiger partial charge in [0.15, 0.2) is 5.78 Å². The number of aromatic nitrogens is 1. The van der Waals surface area contributed by atoms with Gasteiger partial charge < -0.3 is 9.64 Å². The molecule has 1 aliphatic rings. The van der Waals surface area contributed by atoms with Crippen molar-refractivity contribution in [2.75, 3.05) is 7.11 Å². The summed E-state index contributed by atoms with van der Waals surface area (Å²) in [6.07, 6.45) is 5.16. The van der Waals surface area contributed by atoms with E-state index < -0.39 is 11.6 Å². The van der Waals surface area contributed by atoms with E-state index in [-0.39, 0.29) is 44.3 Å². The molecule has 208 valence electrons. The van der Waals surface area contributed by atoms with Crippen molar-refractivity contribution in [1.82, 2.24) is 9.88 Å². The summed E-state index contributed by atoms with van der Waals surface area (Å²) in [7, 11) is 1.57. The number of pyridine rings is 1. The molecule has 2 aromatic carbocycles. The van der Waals surface area contributed by atoms with Crippen molar-refractivity contribution in [2.24, 2.45) is 5.92 Å². The predicted molar refractivity (Wildman–Crippen MR) is 154 cm³/mol. The highest BCUT2D eigenvalue weighted by molar-refractivity contribution is 7.21. The molecule has 5 rings (SSSR count). The largest absolute Gasteiger partial charge is 0.496 e. The quantitative estimate of drug-likeness (QED) is 0.206. The van der Waals surface area contributed by atoms with E-state index in [0.29, 0.717) is 17.4 Å². The zero-order valence-corrected chi connectivity index (χ0v) is 24.0. The molecule has 0 bridgehead atoms. The summed E-state index contributed by atoms with van der Waals surface area (Å²) in [6, 6.07) is 11.2. The van der Waals surface area contributed by atoms with Crippen LogP contribution in [0.4, 0.5) is 8.78 Å². The van der Waals surface area contributed by atoms with Crippen molar-refractivity contribution in [3.05, 3.63) is 81.5 Å². The lowest BCUT2D eigenvalue weighted by molar-refractivity contribution is 0.0597. The molecule has 5 nitrogen and oxygen atoms in total. The zero-order chi connectivity index (χ0) is 28.6. The minimum absolute atomic E-state index is 0.0316. The van der Waals surface area contributed by atoms with Crippen molar-refractivity contribution in [1.29, 1.82) is 0 Å². The maximum atomic E-state index is 14.6. The molecule has 1 fully saturated rings. The van der Waals surface area contributed by atoms with Crippen LogP contribution in [-0.4, -0.2) is 34.7 Å². The van der Waals surface area contributed by atoms with Gasteiger partial charge >= 0.3 is 0 Å². The Hall–Kier alpha value is -3.36. The highest BCUT2D eigenvalue weighted by atomic mass is 35.5. The van der Waals surface area contributed by atoms with E-state index in [1.165, 1.54) is 6.92 Å². The molecule has 0 radical (unpaired) electrons. The second-order valence-corrected chi connectivity index (χ2v) is 11.7. The van der Waals surface area contributed by atoms with E-state index in [4.69, 9.17) is 16.3 Å². The number of carbonyl (C=O) groups excluding carboxylic acids is 2. The number of hydrogen-bond donors (Lipinski definition) is 0. The van der Waals surface area contributed by atoms with E-state index in [0.717, 1.165) is 65.8 Å². The molecule has 1 aliphatic carbocycles. The van der Waals surface area contributed by atoms with Crippen LogP contribution in [0.3, 0.4) is 0 Å². The first-order valence-corrected chi connectivity index (χ1v) is 14.4. The van der Waals surface area contributed by atoms with Gasteiger partial charge in [-0.15, -0.1) is 11.3 Å². The van der Waals surface area contributed by atoms with Gasteiger partial charge in [-0.25, -0.2) is 8.78 Å². The number of carbonyl (C=O) groups is 2. The first-order chi connectivity index (χ1) is 19.2. The molecule has 0 N–H and O–H groups in total. The lowest BCUT2D eigenvalue weighted by Gasteiger charge is -2.36. The summed E-state index contributed by atoms with van der Waals surface area (Å²) < 4.78 is 34.9. The summed E-state index contributed by atoms with van der Waals surface area (Å²) in [5.41, 5.74) is 2.78. The minimum Gasteiger partial charge on any atom is -0.496 e. The summed E-state index contributed by atoms with van der Waals surface area (Å²) in [5, 5.41) is -0.129. The smallest absolute Gasteiger partial charge is 0.266 e. The van der Waals surface area contributed by atoms with E-state index in [1.54, 1.807) is 24.3 Å². The Morgan fingerprint density at radius 1 is 1.05 bits per heavy atom. The van der Waals surface area contributed by atoms with Crippen molar-refractivity contribution in [2.45, 2.75) is 52.1 Å². The number of amides is 1. The van der Waals surface area contributed by atoms with Gasteiger partial charge in [0.25, 0.3) is 5.91 Å². The van der Waals surface area contributed by atoms with Gasteiger partial charge in [-0.1, -0.05) is 24.6 Å². The van der Waals surface area contributed by atoms with E-state index in [9.17, 15) is 18.4 Å². The summed E-state index contributed by atoms with van der Waals surface area (Å²) in [5.74, 6) is -0.606. The third-order valence-electron chi connectivity index (χ3n) is 7.64. The number of rotatable bonds is 7. The van der Waals surface area contributed by atoms with Crippen LogP contribution in [0.2, 0.25) is 5.02 Å². The lowest BCUT2D eigenvalue weighted by Crippen LogP contribution is -2.41. The van der Waals surface area contributed by atoms with Gasteiger partial charge in [-0.05, 0) is 79.1 Å². The third kappa shape index (κ3) is 5.47. The monoisotopic (exact) mass is 582 g/mol. The fourth-order valence-corrected chi connectivity index (χ4v) is 6.86. The molecule has 0 atom stereocenters. The van der Waals surface area contributed by atoms with Gasteiger partial charge in [0.1, 0.15) is 28.0 Å². The third-order valence-corrected chi connectivity index (χ3v) is 9.31. The molecule has 1 saturated carbocycles. The van der Waals surface area contributed by atoms with Crippen LogP contribution in [0, 0.1) is 17.6 Å². The number of ketones is 1. The molecular weight excluding hydrogens is 554 g/mol. The van der Waals surface area contributed by atoms with Gasteiger partial charge in [0.2, 0.25) is 0 Å². The highest BCUT2D eigenvalue weighted by Crippen LogP contribution is 2.41. The SMILES string of the molecule is COc1ccc(-c2ccnc(C(C)=O)c2)cc1CN(C(=O)c1sc2c(F)ccc(F)c2c1Cl)[C@H]1CC[C@H](C)CC1. The number of benzene rings is 2. The number of Topliss-reactive ketones (excluding diaryl/α,β-unsaturated/α-hetero) is 1. The Morgan fingerprint density at radius 3 is 2.42 bits per heavy atom. The Labute approximate surface area is 240 Å². The molecule has 2 heterocycles. The molecule has 4 aromatic rings. The maximum absolute atomic E-state index is 14.6. The Kier molecular flexibility index (Phi) is 8.19. The molecular formula is C31H29ClF2N2O3S. The second-order valence-electron chi connectivity index (χ2n) is 10.3. The average Bonchev–Trinajstić information content (AvgIpc) is 3.32. The lowest BCUT2D eigenvalue weighted by atomic mass is 9.86. The normalized spacial score (nSPS) is 17.1. The Balaban J connectivity index is 1.57. The van der Waals surface area contributed by atoms with Crippen molar-refractivity contribution < 1.29 is 23.1 Å². The zero-order valence-electron chi connectivity index (χ0n) is 22.5. The number of halogens is 3. The molecule has 9 heteroatoms. The number of fused-ring (bicyclic) bond motifs is 1. The minimum atomic E-state index is -0.661. The molecule has 0 aliphatic heterocycles. The topological polar surface area (TPSA) is 59.5 Å². The first kappa shape index (κ1) is 28.2. The van der Waals surface area contributed by atoms with Gasteiger partial charge in [-0.2, -0.15) is 0 Å². The molecule has 1 amide bonds. The Bertz CT molecular complexity index is 1600. The predicted octanol–water partition coefficient (Wildman–Crippen LogP) is 8.33. The molecule has 2 aromatic heterocycles. The van der Waals surface area contributed by atoms with Crippen LogP contribution in [0.25, 0.3) is 21.2 Å². The maximum Gasteiger partial charge on any atom is 0.266 e. The van der Waals surface area contributed by atoms with Crippen LogP contribution >= 0.6 is 22.9 Å². The van der Waals surface area contributed by atoms with E-state index in [2.05, 4.69) is 11.9 Å². The van der Waals surface area contributed by atoms with Crippen molar-refractivity contribution in [3.8, 4) is 16.9 Å². The summed E-state index contributed by atoms with van der Waals surface area (Å²) >= 11 is 7.42. The van der Waals surface area contributed by atoms with E-state index >= 15 is 0 Å². The number of ether oxygens (including phenoxy) is 1. The average molecular weight is 583 g/mol. The van der Waals surface area contributed by atoms with Crippen LogP contribution in [0.5, 0.6) is 5.75 Å². The fraction of sp³-hybridized carbons (Fsp3) is 0.323. The number of methoxy groups -OCH3 is 1. The number of hydrogen-bond acceptors (Lipinski definition) is 5. The second kappa shape index (κ2) is 11.6. The van der Waals surface area contributed by atoms with E-state index in [1.807, 2.05) is 24.3 Å². The van der Waals surface area contributed by atoms with Crippen LogP contribution in [0.15, 0.2) is 48.7 Å². The summed E-state index contributed by atoms with van der Waals surface area (Å²) in [6.45, 7) is 3.89. The molecule has 0 saturated heterocycles. The molecule has 40 heavy (non-hydrogen) atoms. The van der Waals surface area contributed by atoms with Crippen LogP contribution in [0.1, 0.15) is 65.3 Å². The number of nitrogens with zero attached hydrogens (tertiary/aromatic N) is 2. The van der Waals surface area contributed by atoms with Gasteiger partial charge in [0.05, 0.1) is 22.2 Å². The van der Waals surface area contributed by atoms with Crippen LogP contribution in [-0.2, 0) is 6.54 Å². The first-order valence-electron chi connectivity index (χ1n) is 13.2. The molecule has 0 spiro atoms. The van der Waals surface area contributed by atoms with Gasteiger partial charge in [-0.3, -0.25) is 14.6 Å². The van der Waals surface area contributed by atoms with Crippen molar-refractivity contribution >= 4 is 44.7 Å². The standard InChI is InChI=1S/C31H29ClF2N2O3S/c1-17-4-7-22(8-5-17)36(31(38)30-28(32)27-23(33)9-10-24(34)29(27)40-30)16-21-14-19(6-11-26(21)39-3)20-12-13-35-25(15-20)18(2)37/h6,9-15,17,22H,4-5,7-8,16H2,1-3H3/t17-,22-.